The molecule has 100 valence electrons. The molecule has 0 saturated carbocycles. The summed E-state index contributed by atoms with van der Waals surface area (Å²) >= 11 is 0. The molecule has 0 saturated heterocycles. The highest BCUT2D eigenvalue weighted by Crippen LogP contribution is 2.12. The third kappa shape index (κ3) is 4.75. The minimum Gasteiger partial charge on any atom is -0.444 e. The Morgan fingerprint density at radius 3 is 2.33 bits per heavy atom. The average molecular weight is 254 g/mol. The van der Waals surface area contributed by atoms with Gasteiger partial charge in [0.15, 0.2) is 0 Å². The molecule has 0 aliphatic rings. The SMILES string of the molecule is [2H]C([2H])([2H])N(Cc1ccc(CO)cc1)C(=O)OC(C)(C)C. The highest BCUT2D eigenvalue weighted by Gasteiger charge is 2.19. The van der Waals surface area contributed by atoms with E-state index in [9.17, 15) is 4.79 Å². The van der Waals surface area contributed by atoms with Gasteiger partial charge >= 0.3 is 6.09 Å². The Labute approximate surface area is 112 Å². The fraction of sp³-hybridized carbons (Fsp3) is 0.500. The van der Waals surface area contributed by atoms with Crippen LogP contribution in [0.2, 0.25) is 0 Å². The molecule has 1 N–H and O–H groups in total. The predicted molar refractivity (Wildman–Crippen MR) is 70.1 cm³/mol. The van der Waals surface area contributed by atoms with Crippen LogP contribution >= 0.6 is 0 Å². The first-order chi connectivity index (χ1) is 9.53. The van der Waals surface area contributed by atoms with Crippen molar-refractivity contribution in [3.05, 3.63) is 35.4 Å². The van der Waals surface area contributed by atoms with Gasteiger partial charge in [0, 0.05) is 17.6 Å². The van der Waals surface area contributed by atoms with Crippen LogP contribution in [0, 0.1) is 0 Å². The third-order valence-corrected chi connectivity index (χ3v) is 2.16. The van der Waals surface area contributed by atoms with E-state index in [4.69, 9.17) is 14.0 Å². The topological polar surface area (TPSA) is 49.8 Å². The summed E-state index contributed by atoms with van der Waals surface area (Å²) in [6.45, 7) is 2.28. The lowest BCUT2D eigenvalue weighted by Crippen LogP contribution is -2.33. The van der Waals surface area contributed by atoms with Crippen molar-refractivity contribution < 1.29 is 18.8 Å². The lowest BCUT2D eigenvalue weighted by Gasteiger charge is -2.24. The first-order valence-corrected chi connectivity index (χ1v) is 5.72. The van der Waals surface area contributed by atoms with Crippen LogP contribution in [0.25, 0.3) is 0 Å². The lowest BCUT2D eigenvalue weighted by molar-refractivity contribution is 0.0285. The highest BCUT2D eigenvalue weighted by atomic mass is 16.6. The van der Waals surface area contributed by atoms with E-state index in [1.165, 1.54) is 0 Å². The molecule has 4 nitrogen and oxygen atoms in total. The number of aliphatic hydroxyl groups excluding tert-OH is 1. The quantitative estimate of drug-likeness (QED) is 0.901. The molecule has 0 atom stereocenters. The largest absolute Gasteiger partial charge is 0.444 e. The summed E-state index contributed by atoms with van der Waals surface area (Å²) in [4.78, 5) is 12.8. The number of ether oxygens (including phenoxy) is 1. The first-order valence-electron chi connectivity index (χ1n) is 7.22. The predicted octanol–water partition coefficient (Wildman–Crippen LogP) is 2.55. The molecule has 1 rings (SSSR count). The second-order valence-electron chi connectivity index (χ2n) is 5.04. The number of benzene rings is 1. The van der Waals surface area contributed by atoms with Crippen LogP contribution in [0.15, 0.2) is 24.3 Å². The van der Waals surface area contributed by atoms with Crippen molar-refractivity contribution in [1.29, 1.82) is 0 Å². The zero-order valence-electron chi connectivity index (χ0n) is 13.9. The fourth-order valence-corrected chi connectivity index (χ4v) is 1.31. The van der Waals surface area contributed by atoms with Crippen molar-refractivity contribution in [3.63, 3.8) is 0 Å². The van der Waals surface area contributed by atoms with Gasteiger partial charge in [0.25, 0.3) is 0 Å². The maximum Gasteiger partial charge on any atom is 0.410 e. The average Bonchev–Trinajstić information content (AvgIpc) is 2.33. The van der Waals surface area contributed by atoms with Crippen molar-refractivity contribution in [2.45, 2.75) is 39.5 Å². The molecule has 0 aromatic heterocycles. The van der Waals surface area contributed by atoms with Crippen LogP contribution in [-0.4, -0.2) is 28.7 Å². The van der Waals surface area contributed by atoms with E-state index in [0.29, 0.717) is 10.5 Å². The lowest BCUT2D eigenvalue weighted by atomic mass is 10.1. The van der Waals surface area contributed by atoms with Crippen molar-refractivity contribution in [1.82, 2.24) is 4.90 Å². The van der Waals surface area contributed by atoms with Gasteiger partial charge in [0.2, 0.25) is 0 Å². The number of hydrogen-bond acceptors (Lipinski definition) is 3. The number of rotatable bonds is 3. The Bertz CT molecular complexity index is 478. The Balaban J connectivity index is 2.90. The maximum atomic E-state index is 12.0. The molecule has 0 spiro atoms. The minimum atomic E-state index is -2.59. The van der Waals surface area contributed by atoms with Crippen LogP contribution in [0.5, 0.6) is 0 Å². The van der Waals surface area contributed by atoms with Gasteiger partial charge in [-0.2, -0.15) is 0 Å². The number of hydrogen-bond donors (Lipinski definition) is 1. The molecule has 0 aliphatic carbocycles. The number of carbonyl (C=O) groups excluding carboxylic acids is 1. The maximum absolute atomic E-state index is 12.0. The van der Waals surface area contributed by atoms with Gasteiger partial charge < -0.3 is 14.7 Å². The molecule has 4 heteroatoms. The van der Waals surface area contributed by atoms with Gasteiger partial charge in [-0.05, 0) is 31.9 Å². The Hall–Kier alpha value is -1.55. The summed E-state index contributed by atoms with van der Waals surface area (Å²) < 4.78 is 27.6. The summed E-state index contributed by atoms with van der Waals surface area (Å²) in [5, 5.41) is 8.98. The van der Waals surface area contributed by atoms with Gasteiger partial charge in [0.05, 0.1) is 6.61 Å². The molecule has 0 bridgehead atoms. The summed E-state index contributed by atoms with van der Waals surface area (Å²) in [7, 11) is 0. The number of amides is 1. The number of nitrogens with zero attached hydrogens (tertiary/aromatic N) is 1. The normalized spacial score (nSPS) is 14.3. The van der Waals surface area contributed by atoms with Gasteiger partial charge in [0.1, 0.15) is 5.60 Å². The highest BCUT2D eigenvalue weighted by molar-refractivity contribution is 5.67. The van der Waals surface area contributed by atoms with Gasteiger partial charge in [-0.15, -0.1) is 0 Å². The molecule has 1 aromatic carbocycles. The van der Waals surface area contributed by atoms with Crippen LogP contribution in [0.1, 0.15) is 36.0 Å². The summed E-state index contributed by atoms with van der Waals surface area (Å²) in [5.41, 5.74) is 0.604. The molecular formula is C14H21NO3. The Morgan fingerprint density at radius 2 is 1.89 bits per heavy atom. The van der Waals surface area contributed by atoms with Gasteiger partial charge in [-0.25, -0.2) is 4.79 Å². The molecule has 1 aromatic rings. The number of aliphatic hydroxyl groups is 1. The summed E-state index contributed by atoms with van der Waals surface area (Å²) in [5.74, 6) is 0. The van der Waals surface area contributed by atoms with E-state index in [-0.39, 0.29) is 13.2 Å². The number of carbonyl (C=O) groups is 1. The zero-order chi connectivity index (χ0) is 16.3. The van der Waals surface area contributed by atoms with E-state index in [1.54, 1.807) is 45.0 Å². The van der Waals surface area contributed by atoms with E-state index >= 15 is 0 Å². The molecule has 0 aliphatic heterocycles. The van der Waals surface area contributed by atoms with Crippen LogP contribution in [-0.2, 0) is 17.9 Å². The standard InChI is InChI=1S/C14H21NO3/c1-14(2,3)18-13(17)15(4)9-11-5-7-12(10-16)8-6-11/h5-8,16H,9-10H2,1-4H3/i4D3. The first kappa shape index (κ1) is 10.4. The van der Waals surface area contributed by atoms with Crippen LogP contribution in [0.4, 0.5) is 4.79 Å². The smallest absolute Gasteiger partial charge is 0.410 e. The van der Waals surface area contributed by atoms with Crippen molar-refractivity contribution in [2.24, 2.45) is 0 Å². The molecule has 0 heterocycles. The molecular weight excluding hydrogens is 230 g/mol. The zero-order valence-corrected chi connectivity index (χ0v) is 10.9. The van der Waals surface area contributed by atoms with E-state index in [0.717, 1.165) is 5.56 Å². The van der Waals surface area contributed by atoms with Crippen molar-refractivity contribution in [2.75, 3.05) is 6.98 Å². The van der Waals surface area contributed by atoms with Crippen LogP contribution in [0.3, 0.4) is 0 Å². The molecule has 0 unspecified atom stereocenters. The molecule has 0 fully saturated rings. The molecule has 1 amide bonds. The monoisotopic (exact) mass is 254 g/mol. The van der Waals surface area contributed by atoms with E-state index in [1.807, 2.05) is 0 Å². The van der Waals surface area contributed by atoms with Gasteiger partial charge in [-0.3, -0.25) is 0 Å². The summed E-state index contributed by atoms with van der Waals surface area (Å²) in [6, 6.07) is 6.72. The van der Waals surface area contributed by atoms with Crippen LogP contribution < -0.4 is 0 Å². The second kappa shape index (κ2) is 5.87. The summed E-state index contributed by atoms with van der Waals surface area (Å²) in [6.07, 6.45) is -0.881. The van der Waals surface area contributed by atoms with E-state index in [2.05, 4.69) is 0 Å². The minimum absolute atomic E-state index is 0.0862. The van der Waals surface area contributed by atoms with Gasteiger partial charge in [-0.1, -0.05) is 24.3 Å². The Morgan fingerprint density at radius 1 is 1.33 bits per heavy atom. The Kier molecular flexibility index (Phi) is 3.38. The van der Waals surface area contributed by atoms with Crippen molar-refractivity contribution >= 4 is 6.09 Å². The van der Waals surface area contributed by atoms with E-state index < -0.39 is 18.7 Å². The van der Waals surface area contributed by atoms with Crippen molar-refractivity contribution in [3.8, 4) is 0 Å². The molecule has 0 radical (unpaired) electrons. The fourth-order valence-electron chi connectivity index (χ4n) is 1.31. The second-order valence-corrected chi connectivity index (χ2v) is 5.04. The third-order valence-electron chi connectivity index (χ3n) is 2.16. The molecule has 18 heavy (non-hydrogen) atoms.